The number of ether oxygens (including phenoxy) is 2. The second kappa shape index (κ2) is 12.7. The Morgan fingerprint density at radius 3 is 2.27 bits per heavy atom. The van der Waals surface area contributed by atoms with Crippen molar-refractivity contribution < 1.29 is 19.1 Å². The molecule has 192 valence electrons. The molecule has 1 aliphatic heterocycles. The summed E-state index contributed by atoms with van der Waals surface area (Å²) < 4.78 is 10.4. The van der Waals surface area contributed by atoms with Gasteiger partial charge < -0.3 is 14.4 Å². The molecule has 2 amide bonds. The third-order valence-corrected chi connectivity index (χ3v) is 6.14. The number of anilines is 1. The molecule has 0 fully saturated rings. The fourth-order valence-corrected chi connectivity index (χ4v) is 4.08. The topological polar surface area (TPSA) is 131 Å². The second-order valence-corrected chi connectivity index (χ2v) is 8.55. The number of imide groups is 1. The Morgan fingerprint density at radius 2 is 1.70 bits per heavy atom. The zero-order chi connectivity index (χ0) is 26.9. The molecular formula is C27H30N6O4. The first-order valence-corrected chi connectivity index (χ1v) is 12.0. The van der Waals surface area contributed by atoms with Gasteiger partial charge in [-0.3, -0.25) is 14.5 Å². The fraction of sp³-hybridized carbons (Fsp3) is 0.407. The summed E-state index contributed by atoms with van der Waals surface area (Å²) in [5, 5.41) is 28.1. The van der Waals surface area contributed by atoms with Crippen LogP contribution in [0.25, 0.3) is 0 Å². The van der Waals surface area contributed by atoms with Crippen molar-refractivity contribution in [2.24, 2.45) is 10.2 Å². The van der Waals surface area contributed by atoms with Crippen LogP contribution in [0.3, 0.4) is 0 Å². The van der Waals surface area contributed by atoms with Crippen LogP contribution in [0.5, 0.6) is 0 Å². The van der Waals surface area contributed by atoms with Gasteiger partial charge in [0.2, 0.25) is 0 Å². The summed E-state index contributed by atoms with van der Waals surface area (Å²) in [5.41, 5.74) is 2.25. The molecule has 3 rings (SSSR count). The van der Waals surface area contributed by atoms with Crippen LogP contribution in [0.4, 0.5) is 17.1 Å². The number of methoxy groups -OCH3 is 2. The zero-order valence-corrected chi connectivity index (χ0v) is 21.6. The Morgan fingerprint density at radius 1 is 1.00 bits per heavy atom. The van der Waals surface area contributed by atoms with Crippen molar-refractivity contribution in [2.75, 3.05) is 52.0 Å². The minimum atomic E-state index is -0.543. The standard InChI is InChI=1S/C27H30N6O4/c1-5-6-9-33-26(34)21-15-19(16-28)25(22(17-29)24(21)27(33)35)31-30-23-8-7-20(14-18(23)2)32(10-12-36-3)11-13-37-4/h7-8,14-15H,5-6,9-13H2,1-4H3. The number of azo groups is 1. The Hall–Kier alpha value is -4.12. The number of fused-ring (bicyclic) bond motifs is 1. The average Bonchev–Trinajstić information content (AvgIpc) is 3.14. The van der Waals surface area contributed by atoms with Crippen LogP contribution in [-0.2, 0) is 9.47 Å². The van der Waals surface area contributed by atoms with E-state index in [1.165, 1.54) is 6.07 Å². The minimum absolute atomic E-state index is 0.0112. The lowest BCUT2D eigenvalue weighted by Crippen LogP contribution is -2.30. The van der Waals surface area contributed by atoms with E-state index in [0.717, 1.165) is 22.6 Å². The number of carbonyl (C=O) groups is 2. The van der Waals surface area contributed by atoms with Crippen LogP contribution >= 0.6 is 0 Å². The van der Waals surface area contributed by atoms with Crippen LogP contribution in [-0.4, -0.2) is 63.8 Å². The van der Waals surface area contributed by atoms with E-state index in [0.29, 0.717) is 38.4 Å². The van der Waals surface area contributed by atoms with Gasteiger partial charge in [0, 0.05) is 39.5 Å². The molecule has 0 spiro atoms. The molecule has 1 aliphatic rings. The molecule has 0 saturated heterocycles. The number of carbonyl (C=O) groups excluding carboxylic acids is 2. The van der Waals surface area contributed by atoms with Gasteiger partial charge in [0.15, 0.2) is 0 Å². The highest BCUT2D eigenvalue weighted by Gasteiger charge is 2.39. The van der Waals surface area contributed by atoms with Gasteiger partial charge in [-0.15, -0.1) is 5.11 Å². The summed E-state index contributed by atoms with van der Waals surface area (Å²) in [5.74, 6) is -1.04. The number of hydrogen-bond donors (Lipinski definition) is 0. The predicted octanol–water partition coefficient (Wildman–Crippen LogP) is 4.65. The van der Waals surface area contributed by atoms with Crippen LogP contribution in [0.1, 0.15) is 57.2 Å². The first-order valence-electron chi connectivity index (χ1n) is 12.0. The maximum absolute atomic E-state index is 13.0. The molecule has 0 radical (unpaired) electrons. The molecule has 10 nitrogen and oxygen atoms in total. The fourth-order valence-electron chi connectivity index (χ4n) is 4.08. The first kappa shape index (κ1) is 27.5. The van der Waals surface area contributed by atoms with E-state index in [2.05, 4.69) is 15.1 Å². The molecule has 2 aromatic carbocycles. The van der Waals surface area contributed by atoms with Crippen molar-refractivity contribution in [3.8, 4) is 12.1 Å². The normalized spacial score (nSPS) is 12.6. The summed E-state index contributed by atoms with van der Waals surface area (Å²) in [6.07, 6.45) is 1.45. The third-order valence-electron chi connectivity index (χ3n) is 6.14. The Bertz CT molecular complexity index is 1280. The molecule has 1 heterocycles. The summed E-state index contributed by atoms with van der Waals surface area (Å²) in [6, 6.07) is 11.0. The van der Waals surface area contributed by atoms with Gasteiger partial charge in [-0.1, -0.05) is 13.3 Å². The maximum Gasteiger partial charge on any atom is 0.262 e. The third kappa shape index (κ3) is 5.83. The second-order valence-electron chi connectivity index (χ2n) is 8.55. The van der Waals surface area contributed by atoms with Gasteiger partial charge >= 0.3 is 0 Å². The van der Waals surface area contributed by atoms with E-state index in [4.69, 9.17) is 9.47 Å². The number of unbranched alkanes of at least 4 members (excludes halogenated alkanes) is 1. The van der Waals surface area contributed by atoms with Crippen LogP contribution in [0, 0.1) is 29.6 Å². The van der Waals surface area contributed by atoms with Gasteiger partial charge in [0.25, 0.3) is 11.8 Å². The minimum Gasteiger partial charge on any atom is -0.383 e. The van der Waals surface area contributed by atoms with E-state index >= 15 is 0 Å². The lowest BCUT2D eigenvalue weighted by Gasteiger charge is -2.24. The largest absolute Gasteiger partial charge is 0.383 e. The number of amides is 2. The van der Waals surface area contributed by atoms with Crippen LogP contribution in [0.2, 0.25) is 0 Å². The molecule has 0 unspecified atom stereocenters. The molecule has 0 N–H and O–H groups in total. The van der Waals surface area contributed by atoms with Crippen molar-refractivity contribution in [2.45, 2.75) is 26.7 Å². The highest BCUT2D eigenvalue weighted by Crippen LogP contribution is 2.36. The molecule has 0 saturated carbocycles. The average molecular weight is 503 g/mol. The van der Waals surface area contributed by atoms with Gasteiger partial charge in [-0.25, -0.2) is 0 Å². The Labute approximate surface area is 216 Å². The smallest absolute Gasteiger partial charge is 0.262 e. The monoisotopic (exact) mass is 502 g/mol. The highest BCUT2D eigenvalue weighted by atomic mass is 16.5. The molecular weight excluding hydrogens is 472 g/mol. The van der Waals surface area contributed by atoms with Crippen molar-refractivity contribution in [3.63, 3.8) is 0 Å². The highest BCUT2D eigenvalue weighted by molar-refractivity contribution is 6.23. The molecule has 0 aliphatic carbocycles. The van der Waals surface area contributed by atoms with E-state index in [9.17, 15) is 20.1 Å². The molecule has 0 aromatic heterocycles. The summed E-state index contributed by atoms with van der Waals surface area (Å²) in [6.45, 7) is 6.60. The summed E-state index contributed by atoms with van der Waals surface area (Å²) in [7, 11) is 3.30. The number of rotatable bonds is 12. The lowest BCUT2D eigenvalue weighted by atomic mass is 9.97. The first-order chi connectivity index (χ1) is 17.9. The van der Waals surface area contributed by atoms with Crippen molar-refractivity contribution >= 4 is 28.9 Å². The van der Waals surface area contributed by atoms with Gasteiger partial charge in [0.05, 0.1) is 41.2 Å². The predicted molar refractivity (Wildman–Crippen MR) is 137 cm³/mol. The molecule has 2 aromatic rings. The molecule has 0 bridgehead atoms. The Kier molecular flexibility index (Phi) is 9.45. The maximum atomic E-state index is 13.0. The molecule has 0 atom stereocenters. The summed E-state index contributed by atoms with van der Waals surface area (Å²) in [4.78, 5) is 29.1. The lowest BCUT2D eigenvalue weighted by molar-refractivity contribution is 0.0652. The van der Waals surface area contributed by atoms with Crippen molar-refractivity contribution in [1.29, 1.82) is 10.5 Å². The van der Waals surface area contributed by atoms with Crippen molar-refractivity contribution in [1.82, 2.24) is 4.90 Å². The summed E-state index contributed by atoms with van der Waals surface area (Å²) >= 11 is 0. The molecule has 37 heavy (non-hydrogen) atoms. The number of nitriles is 2. The van der Waals surface area contributed by atoms with E-state index in [-0.39, 0.29) is 34.5 Å². The van der Waals surface area contributed by atoms with Gasteiger partial charge in [0.1, 0.15) is 17.8 Å². The number of hydrogen-bond acceptors (Lipinski definition) is 9. The van der Waals surface area contributed by atoms with Crippen LogP contribution in [0.15, 0.2) is 34.5 Å². The van der Waals surface area contributed by atoms with Crippen molar-refractivity contribution in [3.05, 3.63) is 52.1 Å². The zero-order valence-electron chi connectivity index (χ0n) is 21.6. The number of nitrogens with zero attached hydrogens (tertiary/aromatic N) is 6. The van der Waals surface area contributed by atoms with Crippen LogP contribution < -0.4 is 4.90 Å². The molecule has 10 heteroatoms. The Balaban J connectivity index is 1.98. The number of benzene rings is 2. The SMILES string of the molecule is CCCCN1C(=O)c2cc(C#N)c(N=Nc3ccc(N(CCOC)CCOC)cc3C)c(C#N)c2C1=O. The van der Waals surface area contributed by atoms with E-state index in [1.807, 2.05) is 38.1 Å². The quantitative estimate of drug-likeness (QED) is 0.305. The number of aryl methyl sites for hydroxylation is 1. The van der Waals surface area contributed by atoms with Gasteiger partial charge in [-0.05, 0) is 43.2 Å². The van der Waals surface area contributed by atoms with Gasteiger partial charge in [-0.2, -0.15) is 15.6 Å². The van der Waals surface area contributed by atoms with E-state index in [1.54, 1.807) is 20.3 Å². The van der Waals surface area contributed by atoms with E-state index < -0.39 is 11.8 Å².